The first kappa shape index (κ1) is 13.1. The fourth-order valence-corrected chi connectivity index (χ4v) is 3.96. The highest BCUT2D eigenvalue weighted by Crippen LogP contribution is 2.36. The van der Waals surface area contributed by atoms with Crippen LogP contribution in [0.5, 0.6) is 0 Å². The first-order valence-electron chi connectivity index (χ1n) is 5.75. The molecule has 1 N–H and O–H groups in total. The second kappa shape index (κ2) is 5.98. The second-order valence-electron chi connectivity index (χ2n) is 4.26. The molecule has 17 heavy (non-hydrogen) atoms. The highest BCUT2D eigenvalue weighted by molar-refractivity contribution is 9.10. The van der Waals surface area contributed by atoms with Gasteiger partial charge in [-0.3, -0.25) is 4.79 Å². The van der Waals surface area contributed by atoms with Gasteiger partial charge in [-0.05, 0) is 53.8 Å². The molecule has 5 heteroatoms. The van der Waals surface area contributed by atoms with Crippen molar-refractivity contribution in [3.8, 4) is 0 Å². The van der Waals surface area contributed by atoms with Crippen molar-refractivity contribution in [2.24, 2.45) is 5.92 Å². The zero-order chi connectivity index (χ0) is 12.3. The molecule has 1 aromatic heterocycles. The number of hydrogen-bond acceptors (Lipinski definition) is 4. The van der Waals surface area contributed by atoms with E-state index in [-0.39, 0.29) is 11.9 Å². The van der Waals surface area contributed by atoms with Gasteiger partial charge in [0.25, 0.3) is 0 Å². The summed E-state index contributed by atoms with van der Waals surface area (Å²) in [4.78, 5) is 13.1. The number of nitrogens with one attached hydrogen (secondary N) is 1. The molecule has 1 saturated heterocycles. The largest absolute Gasteiger partial charge is 0.469 e. The van der Waals surface area contributed by atoms with Crippen molar-refractivity contribution < 1.29 is 9.53 Å². The van der Waals surface area contributed by atoms with Crippen LogP contribution in [-0.2, 0) is 9.53 Å². The van der Waals surface area contributed by atoms with Crippen molar-refractivity contribution in [2.75, 3.05) is 20.2 Å². The van der Waals surface area contributed by atoms with Crippen molar-refractivity contribution in [3.63, 3.8) is 0 Å². The van der Waals surface area contributed by atoms with E-state index in [1.165, 1.54) is 7.11 Å². The molecule has 0 radical (unpaired) electrons. The Morgan fingerprint density at radius 1 is 1.59 bits per heavy atom. The molecule has 1 aliphatic rings. The monoisotopic (exact) mass is 317 g/mol. The zero-order valence-corrected chi connectivity index (χ0v) is 12.1. The molecule has 0 bridgehead atoms. The third-order valence-electron chi connectivity index (χ3n) is 3.20. The maximum absolute atomic E-state index is 12.0. The van der Waals surface area contributed by atoms with Crippen LogP contribution < -0.4 is 5.32 Å². The number of ether oxygens (including phenoxy) is 1. The second-order valence-corrected chi connectivity index (χ2v) is 6.11. The van der Waals surface area contributed by atoms with E-state index in [0.717, 1.165) is 35.3 Å². The molecule has 0 amide bonds. The summed E-state index contributed by atoms with van der Waals surface area (Å²) in [6.45, 7) is 1.98. The molecule has 1 unspecified atom stereocenters. The van der Waals surface area contributed by atoms with Crippen LogP contribution in [0.25, 0.3) is 0 Å². The highest BCUT2D eigenvalue weighted by Gasteiger charge is 2.32. The van der Waals surface area contributed by atoms with E-state index in [9.17, 15) is 4.79 Å². The predicted molar refractivity (Wildman–Crippen MR) is 72.4 cm³/mol. The van der Waals surface area contributed by atoms with Crippen molar-refractivity contribution in [2.45, 2.75) is 18.8 Å². The SMILES string of the molecule is COC(=O)C(c1cc(Br)cs1)C1CCNCC1. The Morgan fingerprint density at radius 3 is 2.82 bits per heavy atom. The maximum Gasteiger partial charge on any atom is 0.314 e. The minimum atomic E-state index is -0.105. The summed E-state index contributed by atoms with van der Waals surface area (Å²) < 4.78 is 6.00. The smallest absolute Gasteiger partial charge is 0.314 e. The fourth-order valence-electron chi connectivity index (χ4n) is 2.34. The third kappa shape index (κ3) is 3.09. The summed E-state index contributed by atoms with van der Waals surface area (Å²) in [5, 5.41) is 5.35. The Kier molecular flexibility index (Phi) is 4.59. The van der Waals surface area contributed by atoms with Crippen LogP contribution in [0, 0.1) is 5.92 Å². The summed E-state index contributed by atoms with van der Waals surface area (Å²) >= 11 is 5.07. The van der Waals surface area contributed by atoms with E-state index >= 15 is 0 Å². The van der Waals surface area contributed by atoms with Gasteiger partial charge in [0.2, 0.25) is 0 Å². The number of thiophene rings is 1. The van der Waals surface area contributed by atoms with Gasteiger partial charge in [-0.1, -0.05) is 0 Å². The van der Waals surface area contributed by atoms with Gasteiger partial charge in [-0.15, -0.1) is 11.3 Å². The van der Waals surface area contributed by atoms with E-state index in [1.807, 2.05) is 11.4 Å². The number of piperidine rings is 1. The minimum absolute atomic E-state index is 0.0987. The first-order chi connectivity index (χ1) is 8.22. The van der Waals surface area contributed by atoms with Crippen molar-refractivity contribution in [1.29, 1.82) is 0 Å². The maximum atomic E-state index is 12.0. The summed E-state index contributed by atoms with van der Waals surface area (Å²) in [5.41, 5.74) is 0. The summed E-state index contributed by atoms with van der Waals surface area (Å²) in [6.07, 6.45) is 2.07. The summed E-state index contributed by atoms with van der Waals surface area (Å²) in [5.74, 6) is 0.193. The molecule has 1 aromatic rings. The van der Waals surface area contributed by atoms with E-state index in [0.29, 0.717) is 5.92 Å². The lowest BCUT2D eigenvalue weighted by Crippen LogP contribution is -2.33. The van der Waals surface area contributed by atoms with Crippen molar-refractivity contribution in [3.05, 3.63) is 20.8 Å². The number of carbonyl (C=O) groups excluding carboxylic acids is 1. The Labute approximate surface area is 114 Å². The number of hydrogen-bond donors (Lipinski definition) is 1. The summed E-state index contributed by atoms with van der Waals surface area (Å²) in [6, 6.07) is 2.04. The van der Waals surface area contributed by atoms with Crippen LogP contribution in [-0.4, -0.2) is 26.2 Å². The van der Waals surface area contributed by atoms with Crippen LogP contribution in [0.4, 0.5) is 0 Å². The lowest BCUT2D eigenvalue weighted by Gasteiger charge is -2.28. The van der Waals surface area contributed by atoms with Gasteiger partial charge in [0.1, 0.15) is 0 Å². The van der Waals surface area contributed by atoms with Gasteiger partial charge in [-0.25, -0.2) is 0 Å². The topological polar surface area (TPSA) is 38.3 Å². The molecule has 1 fully saturated rings. The van der Waals surface area contributed by atoms with Gasteiger partial charge in [0.15, 0.2) is 0 Å². The normalized spacial score (nSPS) is 18.9. The number of rotatable bonds is 3. The fraction of sp³-hybridized carbons (Fsp3) is 0.583. The Bertz CT molecular complexity index is 388. The van der Waals surface area contributed by atoms with E-state index in [2.05, 4.69) is 21.2 Å². The average molecular weight is 318 g/mol. The number of esters is 1. The molecule has 94 valence electrons. The molecule has 1 aliphatic heterocycles. The Balaban J connectivity index is 2.21. The van der Waals surface area contributed by atoms with Crippen LogP contribution in [0.2, 0.25) is 0 Å². The van der Waals surface area contributed by atoms with Crippen LogP contribution in [0.1, 0.15) is 23.6 Å². The zero-order valence-electron chi connectivity index (χ0n) is 9.74. The molecule has 0 aromatic carbocycles. The lowest BCUT2D eigenvalue weighted by atomic mass is 9.84. The standard InChI is InChI=1S/C12H16BrNO2S/c1-16-12(15)11(8-2-4-14-5-3-8)10-6-9(13)7-17-10/h6-8,11,14H,2-5H2,1H3. The third-order valence-corrected chi connectivity index (χ3v) is 4.98. The minimum Gasteiger partial charge on any atom is -0.469 e. The Hall–Kier alpha value is -0.390. The average Bonchev–Trinajstić information content (AvgIpc) is 2.77. The van der Waals surface area contributed by atoms with Crippen molar-refractivity contribution >= 4 is 33.2 Å². The first-order valence-corrected chi connectivity index (χ1v) is 7.42. The molecule has 0 saturated carbocycles. The Morgan fingerprint density at radius 2 is 2.29 bits per heavy atom. The van der Waals surface area contributed by atoms with Gasteiger partial charge >= 0.3 is 5.97 Å². The molecule has 2 heterocycles. The molecular weight excluding hydrogens is 302 g/mol. The predicted octanol–water partition coefficient (Wildman–Crippen LogP) is 2.77. The van der Waals surface area contributed by atoms with Crippen LogP contribution >= 0.6 is 27.3 Å². The lowest BCUT2D eigenvalue weighted by molar-refractivity contribution is -0.144. The number of halogens is 1. The molecule has 3 nitrogen and oxygen atoms in total. The molecule has 0 aliphatic carbocycles. The van der Waals surface area contributed by atoms with Gasteiger partial charge in [-0.2, -0.15) is 0 Å². The quantitative estimate of drug-likeness (QED) is 0.871. The highest BCUT2D eigenvalue weighted by atomic mass is 79.9. The van der Waals surface area contributed by atoms with Crippen molar-refractivity contribution in [1.82, 2.24) is 5.32 Å². The molecule has 1 atom stereocenters. The van der Waals surface area contributed by atoms with E-state index < -0.39 is 0 Å². The van der Waals surface area contributed by atoms with Crippen LogP contribution in [0.3, 0.4) is 0 Å². The number of carbonyl (C=O) groups is 1. The van der Waals surface area contributed by atoms with E-state index in [1.54, 1.807) is 11.3 Å². The molecular formula is C12H16BrNO2S. The molecule has 2 rings (SSSR count). The number of methoxy groups -OCH3 is 1. The van der Waals surface area contributed by atoms with Crippen LogP contribution in [0.15, 0.2) is 15.9 Å². The molecule has 0 spiro atoms. The van der Waals surface area contributed by atoms with Gasteiger partial charge in [0.05, 0.1) is 13.0 Å². The van der Waals surface area contributed by atoms with E-state index in [4.69, 9.17) is 4.74 Å². The summed E-state index contributed by atoms with van der Waals surface area (Å²) in [7, 11) is 1.47. The van der Waals surface area contributed by atoms with Gasteiger partial charge < -0.3 is 10.1 Å². The van der Waals surface area contributed by atoms with Gasteiger partial charge in [0, 0.05) is 14.7 Å².